The standard InChI is InChI=1S/C57H65N3O14Si/c1-38(61)32-33-47(63)72-50-46(37-69-75(57(3,4)5,43-28-18-10-19-29-43)44-30-20-11-21-31-44)71-56(53(73-54(64)42-26-16-9-17-27-42)52(50)68-35-41-24-14-8-15-25-41)74-49-45(36-66-39(2)62)70-55(65-6)48(59-60-58)51(49)67-34-40-22-12-7-13-23-40/h7-31,45-46,48-53,55-56H,32-37H2,1-6H3/t45-,46+,48-,49-,50-,51-,52+,53-,55+,56+/m1/s1. The quantitative estimate of drug-likeness (QED) is 0.0152. The Bertz CT molecular complexity index is 2620. The molecule has 17 nitrogen and oxygen atoms in total. The van der Waals surface area contributed by atoms with Crippen LogP contribution in [0.1, 0.15) is 68.9 Å². The SMILES string of the molecule is CO[C@H]1O[C@H](COC(C)=O)[C@@H](O[C@@H]2O[C@@H](CO[Si](c3ccccc3)(c3ccccc3)C(C)(C)C)[C@@H](OC(=O)CCC(C)=O)[C@H](OCc3ccccc3)[C@H]2OC(=O)c2ccccc2)[C@H](OCc2ccccc2)[C@H]1N=[N+]=[N-]. The van der Waals surface area contributed by atoms with Crippen molar-refractivity contribution in [3.05, 3.63) is 179 Å². The minimum atomic E-state index is -3.38. The Balaban J connectivity index is 1.41. The molecule has 2 aliphatic heterocycles. The zero-order valence-corrected chi connectivity index (χ0v) is 44.0. The topological polar surface area (TPSA) is 209 Å². The van der Waals surface area contributed by atoms with E-state index in [-0.39, 0.29) is 50.6 Å². The number of hydrogen-bond acceptors (Lipinski definition) is 15. The molecule has 75 heavy (non-hydrogen) atoms. The van der Waals surface area contributed by atoms with Gasteiger partial charge in [-0.25, -0.2) is 4.79 Å². The largest absolute Gasteiger partial charge is 0.463 e. The fourth-order valence-electron chi connectivity index (χ4n) is 9.45. The van der Waals surface area contributed by atoms with Crippen molar-refractivity contribution in [1.29, 1.82) is 0 Å². The second-order valence-electron chi connectivity index (χ2n) is 19.3. The average Bonchev–Trinajstić information content (AvgIpc) is 3.42. The molecule has 0 bridgehead atoms. The maximum absolute atomic E-state index is 14.5. The van der Waals surface area contributed by atoms with Gasteiger partial charge in [-0.1, -0.05) is 165 Å². The van der Waals surface area contributed by atoms with Gasteiger partial charge in [0.1, 0.15) is 49.0 Å². The van der Waals surface area contributed by atoms with Crippen molar-refractivity contribution in [2.24, 2.45) is 5.11 Å². The first-order valence-corrected chi connectivity index (χ1v) is 26.8. The van der Waals surface area contributed by atoms with E-state index < -0.39 is 92.6 Å². The summed E-state index contributed by atoms with van der Waals surface area (Å²) < 4.78 is 65.8. The molecule has 0 amide bonds. The van der Waals surface area contributed by atoms with Crippen LogP contribution in [-0.2, 0) is 74.7 Å². The smallest absolute Gasteiger partial charge is 0.338 e. The summed E-state index contributed by atoms with van der Waals surface area (Å²) in [5, 5.41) is 5.47. The first kappa shape index (κ1) is 56.2. The third-order valence-electron chi connectivity index (χ3n) is 13.0. The van der Waals surface area contributed by atoms with Crippen LogP contribution in [0.15, 0.2) is 157 Å². The summed E-state index contributed by atoms with van der Waals surface area (Å²) >= 11 is 0. The Morgan fingerprint density at radius 3 is 1.63 bits per heavy atom. The van der Waals surface area contributed by atoms with Crippen LogP contribution in [0.25, 0.3) is 10.4 Å². The van der Waals surface area contributed by atoms with Crippen LogP contribution >= 0.6 is 0 Å². The molecule has 0 N–H and O–H groups in total. The van der Waals surface area contributed by atoms with Crippen molar-refractivity contribution in [2.45, 2.75) is 127 Å². The van der Waals surface area contributed by atoms with E-state index in [2.05, 4.69) is 30.8 Å². The lowest BCUT2D eigenvalue weighted by atomic mass is 9.95. The van der Waals surface area contributed by atoms with Gasteiger partial charge in [0.05, 0.1) is 31.8 Å². The molecule has 0 unspecified atom stereocenters. The number of methoxy groups -OCH3 is 1. The molecule has 5 aromatic carbocycles. The molecular weight excluding hydrogens is 979 g/mol. The van der Waals surface area contributed by atoms with Gasteiger partial charge in [-0.3, -0.25) is 9.59 Å². The van der Waals surface area contributed by atoms with E-state index >= 15 is 0 Å². The molecule has 396 valence electrons. The molecular formula is C57H65N3O14Si. The molecule has 7 rings (SSSR count). The van der Waals surface area contributed by atoms with E-state index in [9.17, 15) is 24.7 Å². The predicted molar refractivity (Wildman–Crippen MR) is 278 cm³/mol. The Morgan fingerprint density at radius 1 is 0.613 bits per heavy atom. The first-order valence-electron chi connectivity index (χ1n) is 24.9. The second kappa shape index (κ2) is 26.8. The van der Waals surface area contributed by atoms with Crippen LogP contribution in [0.5, 0.6) is 0 Å². The highest BCUT2D eigenvalue weighted by Crippen LogP contribution is 2.40. The Morgan fingerprint density at radius 2 is 1.12 bits per heavy atom. The number of ether oxygens (including phenoxy) is 9. The highest BCUT2D eigenvalue weighted by Gasteiger charge is 2.57. The lowest BCUT2D eigenvalue weighted by Gasteiger charge is -2.50. The van der Waals surface area contributed by atoms with Gasteiger partial charge in [0.15, 0.2) is 24.8 Å². The van der Waals surface area contributed by atoms with E-state index in [0.717, 1.165) is 21.5 Å². The molecule has 0 radical (unpaired) electrons. The van der Waals surface area contributed by atoms with E-state index in [0.29, 0.717) is 0 Å². The van der Waals surface area contributed by atoms with Gasteiger partial charge in [-0.2, -0.15) is 0 Å². The number of ketones is 1. The molecule has 0 spiro atoms. The fourth-order valence-corrected chi connectivity index (χ4v) is 14.0. The summed E-state index contributed by atoms with van der Waals surface area (Å²) in [6.07, 6.45) is -12.5. The maximum Gasteiger partial charge on any atom is 0.338 e. The molecule has 2 fully saturated rings. The van der Waals surface area contributed by atoms with Crippen LogP contribution in [-0.4, -0.2) is 114 Å². The highest BCUT2D eigenvalue weighted by atomic mass is 28.4. The summed E-state index contributed by atoms with van der Waals surface area (Å²) in [6.45, 7) is 8.27. The zero-order chi connectivity index (χ0) is 53.4. The maximum atomic E-state index is 14.5. The van der Waals surface area contributed by atoms with Crippen LogP contribution in [0.4, 0.5) is 0 Å². The Kier molecular flexibility index (Phi) is 20.0. The van der Waals surface area contributed by atoms with E-state index in [1.807, 2.05) is 121 Å². The number of azide groups is 1. The van der Waals surface area contributed by atoms with Crippen molar-refractivity contribution >= 4 is 42.4 Å². The van der Waals surface area contributed by atoms with Crippen molar-refractivity contribution in [1.82, 2.24) is 0 Å². The number of esters is 3. The third-order valence-corrected chi connectivity index (χ3v) is 18.0. The highest BCUT2D eigenvalue weighted by molar-refractivity contribution is 6.99. The molecule has 2 aliphatic rings. The van der Waals surface area contributed by atoms with E-state index in [1.54, 1.807) is 30.3 Å². The molecule has 2 heterocycles. The van der Waals surface area contributed by atoms with E-state index in [1.165, 1.54) is 21.0 Å². The minimum absolute atomic E-state index is 0.00642. The van der Waals surface area contributed by atoms with E-state index in [4.69, 9.17) is 47.1 Å². The number of benzene rings is 5. The third kappa shape index (κ3) is 14.4. The van der Waals surface area contributed by atoms with Crippen molar-refractivity contribution < 1.29 is 66.2 Å². The predicted octanol–water partition coefficient (Wildman–Crippen LogP) is 7.96. The molecule has 5 aromatic rings. The summed E-state index contributed by atoms with van der Waals surface area (Å²) in [6, 6.07) is 45.4. The molecule has 2 saturated heterocycles. The molecule has 18 heteroatoms. The lowest BCUT2D eigenvalue weighted by molar-refractivity contribution is -0.352. The fraction of sp³-hybridized carbons (Fsp3) is 0.404. The molecule has 0 saturated carbocycles. The first-order chi connectivity index (χ1) is 36.2. The van der Waals surface area contributed by atoms with Crippen LogP contribution in [0.2, 0.25) is 5.04 Å². The number of Topliss-reactive ketones (excluding diaryl/α,β-unsaturated/α-hetero) is 1. The van der Waals surface area contributed by atoms with Gasteiger partial charge < -0.3 is 51.9 Å². The summed E-state index contributed by atoms with van der Waals surface area (Å²) in [5.41, 5.74) is 11.7. The van der Waals surface area contributed by atoms with Gasteiger partial charge >= 0.3 is 17.9 Å². The van der Waals surface area contributed by atoms with Crippen molar-refractivity contribution in [3.8, 4) is 0 Å². The molecule has 10 atom stereocenters. The Labute approximate surface area is 438 Å². The van der Waals surface area contributed by atoms with Crippen molar-refractivity contribution in [3.63, 3.8) is 0 Å². The van der Waals surface area contributed by atoms with Gasteiger partial charge in [-0.05, 0) is 51.1 Å². The van der Waals surface area contributed by atoms with Crippen LogP contribution < -0.4 is 10.4 Å². The summed E-state index contributed by atoms with van der Waals surface area (Å²) in [7, 11) is -2.01. The monoisotopic (exact) mass is 1040 g/mol. The second-order valence-corrected chi connectivity index (χ2v) is 23.6. The number of hydrogen-bond donors (Lipinski definition) is 0. The van der Waals surface area contributed by atoms with Gasteiger partial charge in [0.25, 0.3) is 8.32 Å². The number of carbonyl (C=O) groups is 4. The van der Waals surface area contributed by atoms with Crippen molar-refractivity contribution in [2.75, 3.05) is 20.3 Å². The van der Waals surface area contributed by atoms with Gasteiger partial charge in [-0.15, -0.1) is 0 Å². The van der Waals surface area contributed by atoms with Crippen LogP contribution in [0, 0.1) is 0 Å². The number of rotatable bonds is 23. The van der Waals surface area contributed by atoms with Crippen LogP contribution in [0.3, 0.4) is 0 Å². The number of nitrogens with zero attached hydrogens (tertiary/aromatic N) is 3. The lowest BCUT2D eigenvalue weighted by Crippen LogP contribution is -2.69. The summed E-state index contributed by atoms with van der Waals surface area (Å²) in [4.78, 5) is 56.5. The average molecular weight is 1040 g/mol. The molecule has 0 aromatic heterocycles. The van der Waals surface area contributed by atoms with Gasteiger partial charge in [0.2, 0.25) is 0 Å². The Hall–Kier alpha value is -6.57. The zero-order valence-electron chi connectivity index (χ0n) is 43.0. The number of carbonyl (C=O) groups excluding carboxylic acids is 4. The minimum Gasteiger partial charge on any atom is -0.463 e. The normalized spacial score (nSPS) is 23.8. The van der Waals surface area contributed by atoms with Gasteiger partial charge in [0, 0.05) is 25.4 Å². The molecule has 0 aliphatic carbocycles. The summed E-state index contributed by atoms with van der Waals surface area (Å²) in [5.74, 6) is -2.39.